The quantitative estimate of drug-likeness (QED) is 0.582. The molecule has 3 nitrogen and oxygen atoms in total. The molecule has 1 aromatic rings. The number of halogens is 1. The predicted octanol–water partition coefficient (Wildman–Crippen LogP) is 4.25. The van der Waals surface area contributed by atoms with Gasteiger partial charge in [-0.3, -0.25) is 9.59 Å². The molecule has 0 unspecified atom stereocenters. The van der Waals surface area contributed by atoms with Crippen molar-refractivity contribution in [3.05, 3.63) is 34.3 Å². The summed E-state index contributed by atoms with van der Waals surface area (Å²) in [5.74, 6) is 2.46. The van der Waals surface area contributed by atoms with Crippen LogP contribution in [0.2, 0.25) is 0 Å². The third-order valence-corrected chi connectivity index (χ3v) is 6.54. The molecule has 0 amide bonds. The molecule has 0 spiro atoms. The van der Waals surface area contributed by atoms with E-state index in [0.717, 1.165) is 16.3 Å². The van der Waals surface area contributed by atoms with Crippen LogP contribution in [0, 0.1) is 29.6 Å². The highest BCUT2D eigenvalue weighted by molar-refractivity contribution is 9.10. The highest BCUT2D eigenvalue weighted by Gasteiger charge is 2.51. The summed E-state index contributed by atoms with van der Waals surface area (Å²) in [7, 11) is 0. The minimum absolute atomic E-state index is 0.0421. The van der Waals surface area contributed by atoms with Gasteiger partial charge in [-0.1, -0.05) is 28.1 Å². The Morgan fingerprint density at radius 2 is 1.52 bits per heavy atom. The zero-order valence-electron chi connectivity index (χ0n) is 13.0. The molecule has 4 aliphatic carbocycles. The average Bonchev–Trinajstić information content (AvgIpc) is 2.52. The van der Waals surface area contributed by atoms with Crippen LogP contribution in [-0.2, 0) is 9.53 Å². The number of ether oxygens (including phenoxy) is 1. The van der Waals surface area contributed by atoms with Gasteiger partial charge in [-0.25, -0.2) is 0 Å². The van der Waals surface area contributed by atoms with Crippen molar-refractivity contribution in [2.45, 2.75) is 32.1 Å². The van der Waals surface area contributed by atoms with Gasteiger partial charge < -0.3 is 4.74 Å². The molecule has 1 aromatic carbocycles. The second-order valence-corrected chi connectivity index (χ2v) is 8.41. The molecule has 4 bridgehead atoms. The molecule has 0 atom stereocenters. The smallest absolute Gasteiger partial charge is 0.309 e. The van der Waals surface area contributed by atoms with E-state index in [9.17, 15) is 9.59 Å². The van der Waals surface area contributed by atoms with Gasteiger partial charge in [0, 0.05) is 10.0 Å². The van der Waals surface area contributed by atoms with E-state index in [1.807, 2.05) is 12.1 Å². The highest BCUT2D eigenvalue weighted by atomic mass is 79.9. The second-order valence-electron chi connectivity index (χ2n) is 7.49. The van der Waals surface area contributed by atoms with Crippen molar-refractivity contribution in [3.8, 4) is 0 Å². The number of rotatable bonds is 4. The standard InChI is InChI=1S/C19H21BrO3/c20-16-3-1-13(2-4-16)17(21)10-23-19(22)18-14-6-11-5-12(8-14)9-15(18)7-11/h1-4,11-12,14-15,18H,5-10H2. The summed E-state index contributed by atoms with van der Waals surface area (Å²) in [6.45, 7) is -0.136. The van der Waals surface area contributed by atoms with Gasteiger partial charge in [0.05, 0.1) is 5.92 Å². The van der Waals surface area contributed by atoms with E-state index in [1.165, 1.54) is 32.1 Å². The molecule has 23 heavy (non-hydrogen) atoms. The maximum absolute atomic E-state index is 12.5. The monoisotopic (exact) mass is 376 g/mol. The van der Waals surface area contributed by atoms with E-state index in [4.69, 9.17) is 4.74 Å². The molecular formula is C19H21BrO3. The third kappa shape index (κ3) is 2.98. The van der Waals surface area contributed by atoms with Crippen LogP contribution >= 0.6 is 15.9 Å². The van der Waals surface area contributed by atoms with Gasteiger partial charge in [0.2, 0.25) is 0 Å². The summed E-state index contributed by atoms with van der Waals surface area (Å²) in [5.41, 5.74) is 0.589. The zero-order valence-corrected chi connectivity index (χ0v) is 14.6. The van der Waals surface area contributed by atoms with Crippen molar-refractivity contribution in [1.29, 1.82) is 0 Å². The summed E-state index contributed by atoms with van der Waals surface area (Å²) < 4.78 is 6.34. The third-order valence-electron chi connectivity index (χ3n) is 6.01. The predicted molar refractivity (Wildman–Crippen MR) is 90.0 cm³/mol. The molecule has 0 radical (unpaired) electrons. The summed E-state index contributed by atoms with van der Waals surface area (Å²) in [4.78, 5) is 24.7. The van der Waals surface area contributed by atoms with Gasteiger partial charge in [-0.05, 0) is 67.9 Å². The molecule has 0 aliphatic heterocycles. The maximum Gasteiger partial charge on any atom is 0.309 e. The van der Waals surface area contributed by atoms with Gasteiger partial charge in [-0.2, -0.15) is 0 Å². The molecule has 4 fully saturated rings. The van der Waals surface area contributed by atoms with E-state index >= 15 is 0 Å². The summed E-state index contributed by atoms with van der Waals surface area (Å²) in [6, 6.07) is 7.16. The highest BCUT2D eigenvalue weighted by Crippen LogP contribution is 2.56. The maximum atomic E-state index is 12.5. The van der Waals surface area contributed by atoms with E-state index in [1.54, 1.807) is 12.1 Å². The Labute approximate surface area is 144 Å². The van der Waals surface area contributed by atoms with Crippen molar-refractivity contribution < 1.29 is 14.3 Å². The van der Waals surface area contributed by atoms with Crippen LogP contribution in [0.5, 0.6) is 0 Å². The topological polar surface area (TPSA) is 43.4 Å². The van der Waals surface area contributed by atoms with Crippen molar-refractivity contribution in [2.75, 3.05) is 6.61 Å². The zero-order chi connectivity index (χ0) is 16.0. The van der Waals surface area contributed by atoms with E-state index in [0.29, 0.717) is 17.4 Å². The van der Waals surface area contributed by atoms with Crippen LogP contribution in [0.4, 0.5) is 0 Å². The van der Waals surface area contributed by atoms with Crippen LogP contribution in [0.25, 0.3) is 0 Å². The van der Waals surface area contributed by atoms with Crippen molar-refractivity contribution in [2.24, 2.45) is 29.6 Å². The van der Waals surface area contributed by atoms with E-state index in [-0.39, 0.29) is 24.3 Å². The van der Waals surface area contributed by atoms with Crippen molar-refractivity contribution in [1.82, 2.24) is 0 Å². The van der Waals surface area contributed by atoms with Gasteiger partial charge >= 0.3 is 5.97 Å². The number of carbonyl (C=O) groups is 2. The normalized spacial score (nSPS) is 34.4. The van der Waals surface area contributed by atoms with Crippen molar-refractivity contribution in [3.63, 3.8) is 0 Å². The minimum Gasteiger partial charge on any atom is -0.457 e. The molecule has 4 saturated carbocycles. The number of ketones is 1. The summed E-state index contributed by atoms with van der Waals surface area (Å²) in [6.07, 6.45) is 6.12. The number of hydrogen-bond donors (Lipinski definition) is 0. The number of esters is 1. The first-order valence-electron chi connectivity index (χ1n) is 8.55. The van der Waals surface area contributed by atoms with E-state index < -0.39 is 0 Å². The minimum atomic E-state index is -0.136. The van der Waals surface area contributed by atoms with Crippen LogP contribution in [0.3, 0.4) is 0 Å². The molecule has 4 aliphatic rings. The lowest BCUT2D eigenvalue weighted by Gasteiger charge is -2.53. The van der Waals surface area contributed by atoms with Crippen LogP contribution < -0.4 is 0 Å². The fraction of sp³-hybridized carbons (Fsp3) is 0.579. The Balaban J connectivity index is 1.37. The Hall–Kier alpha value is -1.16. The lowest BCUT2D eigenvalue weighted by molar-refractivity contribution is -0.161. The van der Waals surface area contributed by atoms with Crippen molar-refractivity contribution >= 4 is 27.7 Å². The number of carbonyl (C=O) groups excluding carboxylic acids is 2. The fourth-order valence-electron chi connectivity index (χ4n) is 5.26. The number of hydrogen-bond acceptors (Lipinski definition) is 3. The molecule has 0 saturated heterocycles. The first kappa shape index (κ1) is 15.4. The largest absolute Gasteiger partial charge is 0.457 e. The Kier molecular flexibility index (Phi) is 4.04. The summed E-state index contributed by atoms with van der Waals surface area (Å²) >= 11 is 3.35. The Bertz CT molecular complexity index is 594. The number of benzene rings is 1. The average molecular weight is 377 g/mol. The SMILES string of the molecule is O=C(COC(=O)C1C2CC3CC(C2)CC1C3)c1ccc(Br)cc1. The molecule has 4 heteroatoms. The molecule has 0 aromatic heterocycles. The van der Waals surface area contributed by atoms with Gasteiger partial charge in [0.15, 0.2) is 12.4 Å². The van der Waals surface area contributed by atoms with Crippen LogP contribution in [-0.4, -0.2) is 18.4 Å². The second kappa shape index (κ2) is 6.04. The lowest BCUT2D eigenvalue weighted by Crippen LogP contribution is -2.48. The van der Waals surface area contributed by atoms with Gasteiger partial charge in [0.25, 0.3) is 0 Å². The molecular weight excluding hydrogens is 356 g/mol. The Morgan fingerprint density at radius 1 is 0.957 bits per heavy atom. The molecule has 122 valence electrons. The van der Waals surface area contributed by atoms with Gasteiger partial charge in [0.1, 0.15) is 0 Å². The first-order valence-corrected chi connectivity index (χ1v) is 9.35. The van der Waals surface area contributed by atoms with Crippen LogP contribution in [0.15, 0.2) is 28.7 Å². The Morgan fingerprint density at radius 3 is 2.09 bits per heavy atom. The first-order chi connectivity index (χ1) is 11.1. The molecule has 5 rings (SSSR count). The molecule has 0 heterocycles. The lowest BCUT2D eigenvalue weighted by atomic mass is 9.52. The fourth-order valence-corrected chi connectivity index (χ4v) is 5.53. The van der Waals surface area contributed by atoms with Gasteiger partial charge in [-0.15, -0.1) is 0 Å². The van der Waals surface area contributed by atoms with Crippen LogP contribution in [0.1, 0.15) is 42.5 Å². The summed E-state index contributed by atoms with van der Waals surface area (Å²) in [5, 5.41) is 0. The molecule has 0 N–H and O–H groups in total. The number of Topliss-reactive ketones (excluding diaryl/α,β-unsaturated/α-hetero) is 1. The van der Waals surface area contributed by atoms with E-state index in [2.05, 4.69) is 15.9 Å².